The lowest BCUT2D eigenvalue weighted by atomic mass is 10.0. The van der Waals surface area contributed by atoms with Crippen molar-refractivity contribution >= 4 is 12.2 Å². The first-order chi connectivity index (χ1) is 9.67. The lowest BCUT2D eigenvalue weighted by molar-refractivity contribution is 0.196. The number of hydrogen-bond donors (Lipinski definition) is 1. The van der Waals surface area contributed by atoms with Gasteiger partial charge in [0, 0.05) is 18.4 Å². The van der Waals surface area contributed by atoms with Crippen LogP contribution in [0.15, 0.2) is 36.5 Å². The number of rotatable bonds is 6. The molecule has 0 saturated heterocycles. The van der Waals surface area contributed by atoms with E-state index in [2.05, 4.69) is 65.6 Å². The zero-order valence-corrected chi connectivity index (χ0v) is 13.3. The monoisotopic (exact) mass is 289 g/mol. The van der Waals surface area contributed by atoms with Crippen LogP contribution in [0.4, 0.5) is 0 Å². The molecule has 0 aliphatic rings. The largest absolute Gasteiger partial charge is 0.337 e. The number of aryl methyl sites for hydroxylation is 1. The van der Waals surface area contributed by atoms with Crippen molar-refractivity contribution in [3.8, 4) is 0 Å². The van der Waals surface area contributed by atoms with Crippen LogP contribution in [0.3, 0.4) is 0 Å². The molecule has 4 heteroatoms. The molecule has 0 aliphatic carbocycles. The number of H-pyrrole nitrogens is 1. The Morgan fingerprint density at radius 1 is 1.20 bits per heavy atom. The van der Waals surface area contributed by atoms with Gasteiger partial charge in [-0.15, -0.1) is 0 Å². The average Bonchev–Trinajstić information content (AvgIpc) is 2.80. The summed E-state index contributed by atoms with van der Waals surface area (Å²) in [5.41, 5.74) is 2.53. The zero-order chi connectivity index (χ0) is 14.5. The van der Waals surface area contributed by atoms with Gasteiger partial charge in [0.05, 0.1) is 6.04 Å². The summed E-state index contributed by atoms with van der Waals surface area (Å²) in [7, 11) is 0. The highest BCUT2D eigenvalue weighted by molar-refractivity contribution is 7.71. The summed E-state index contributed by atoms with van der Waals surface area (Å²) in [5.74, 6) is 0. The molecule has 1 aromatic heterocycles. The molecule has 0 radical (unpaired) electrons. The van der Waals surface area contributed by atoms with Gasteiger partial charge < -0.3 is 9.55 Å². The summed E-state index contributed by atoms with van der Waals surface area (Å²) in [6, 6.07) is 11.0. The van der Waals surface area contributed by atoms with E-state index < -0.39 is 0 Å². The average molecular weight is 289 g/mol. The number of aromatic amines is 1. The van der Waals surface area contributed by atoms with E-state index in [1.165, 1.54) is 11.3 Å². The second kappa shape index (κ2) is 6.86. The highest BCUT2D eigenvalue weighted by Gasteiger charge is 2.19. The minimum absolute atomic E-state index is 0.354. The first-order valence-corrected chi connectivity index (χ1v) is 7.62. The standard InChI is InChI=1S/C16H23N3S/c1-4-18(5-2)15(14-9-7-6-8-10-14)12-19-13(3)11-17-16(19)20/h6-11,15H,4-5,12H2,1-3H3,(H,17,20). The summed E-state index contributed by atoms with van der Waals surface area (Å²) >= 11 is 5.39. The number of aromatic nitrogens is 2. The molecule has 0 bridgehead atoms. The van der Waals surface area contributed by atoms with Gasteiger partial charge in [-0.05, 0) is 37.8 Å². The molecular formula is C16H23N3S. The zero-order valence-electron chi connectivity index (χ0n) is 12.5. The summed E-state index contributed by atoms with van der Waals surface area (Å²) in [6.07, 6.45) is 1.98. The molecule has 0 spiro atoms. The number of imidazole rings is 1. The number of hydrogen-bond acceptors (Lipinski definition) is 2. The molecule has 108 valence electrons. The number of likely N-dealkylation sites (N-methyl/N-ethyl adjacent to an activating group) is 1. The predicted octanol–water partition coefficient (Wildman–Crippen LogP) is 3.94. The molecule has 1 heterocycles. The normalized spacial score (nSPS) is 12.8. The number of nitrogens with zero attached hydrogens (tertiary/aromatic N) is 2. The number of benzene rings is 1. The molecule has 1 atom stereocenters. The summed E-state index contributed by atoms with van der Waals surface area (Å²) in [6.45, 7) is 9.47. The summed E-state index contributed by atoms with van der Waals surface area (Å²) in [5, 5.41) is 0. The topological polar surface area (TPSA) is 24.0 Å². The first kappa shape index (κ1) is 15.0. The Morgan fingerprint density at radius 3 is 2.35 bits per heavy atom. The van der Waals surface area contributed by atoms with Crippen molar-refractivity contribution in [1.82, 2.24) is 14.5 Å². The van der Waals surface area contributed by atoms with E-state index in [0.29, 0.717) is 6.04 Å². The Labute approximate surface area is 126 Å². The fourth-order valence-electron chi connectivity index (χ4n) is 2.65. The fourth-order valence-corrected chi connectivity index (χ4v) is 2.93. The maximum Gasteiger partial charge on any atom is 0.177 e. The van der Waals surface area contributed by atoms with E-state index in [1.807, 2.05) is 6.20 Å². The molecule has 0 aliphatic heterocycles. The summed E-state index contributed by atoms with van der Waals surface area (Å²) in [4.78, 5) is 5.60. The second-order valence-electron chi connectivity index (χ2n) is 4.99. The van der Waals surface area contributed by atoms with E-state index in [-0.39, 0.29) is 0 Å². The Morgan fingerprint density at radius 2 is 1.85 bits per heavy atom. The fraction of sp³-hybridized carbons (Fsp3) is 0.438. The van der Waals surface area contributed by atoms with Crippen LogP contribution in [0.25, 0.3) is 0 Å². The Hall–Kier alpha value is -1.39. The van der Waals surface area contributed by atoms with E-state index >= 15 is 0 Å². The third kappa shape index (κ3) is 3.19. The van der Waals surface area contributed by atoms with Gasteiger partial charge in [0.1, 0.15) is 0 Å². The van der Waals surface area contributed by atoms with Crippen molar-refractivity contribution in [2.45, 2.75) is 33.4 Å². The van der Waals surface area contributed by atoms with Gasteiger partial charge in [0.15, 0.2) is 4.77 Å². The van der Waals surface area contributed by atoms with Crippen molar-refractivity contribution in [3.05, 3.63) is 52.6 Å². The van der Waals surface area contributed by atoms with E-state index in [9.17, 15) is 0 Å². The number of nitrogens with one attached hydrogen (secondary N) is 1. The predicted molar refractivity (Wildman–Crippen MR) is 86.5 cm³/mol. The molecule has 1 N–H and O–H groups in total. The van der Waals surface area contributed by atoms with Crippen molar-refractivity contribution in [2.24, 2.45) is 0 Å². The van der Waals surface area contributed by atoms with Gasteiger partial charge in [-0.25, -0.2) is 0 Å². The Balaban J connectivity index is 2.35. The first-order valence-electron chi connectivity index (χ1n) is 7.21. The SMILES string of the molecule is CCN(CC)C(Cn1c(C)c[nH]c1=S)c1ccccc1. The van der Waals surface area contributed by atoms with Crippen LogP contribution in [0.5, 0.6) is 0 Å². The molecule has 0 fully saturated rings. The summed E-state index contributed by atoms with van der Waals surface area (Å²) < 4.78 is 2.99. The molecule has 2 aromatic rings. The van der Waals surface area contributed by atoms with Gasteiger partial charge in [-0.1, -0.05) is 44.2 Å². The van der Waals surface area contributed by atoms with Crippen LogP contribution < -0.4 is 0 Å². The Bertz CT molecular complexity index is 581. The molecule has 3 nitrogen and oxygen atoms in total. The van der Waals surface area contributed by atoms with Crippen LogP contribution in [0, 0.1) is 11.7 Å². The maximum atomic E-state index is 5.39. The maximum absolute atomic E-state index is 5.39. The second-order valence-corrected chi connectivity index (χ2v) is 5.38. The van der Waals surface area contributed by atoms with Gasteiger partial charge in [-0.3, -0.25) is 4.90 Å². The molecule has 2 rings (SSSR count). The van der Waals surface area contributed by atoms with Gasteiger partial charge in [0.2, 0.25) is 0 Å². The van der Waals surface area contributed by atoms with Gasteiger partial charge >= 0.3 is 0 Å². The highest BCUT2D eigenvalue weighted by Crippen LogP contribution is 2.23. The van der Waals surface area contributed by atoms with Crippen LogP contribution >= 0.6 is 12.2 Å². The van der Waals surface area contributed by atoms with Gasteiger partial charge in [0.25, 0.3) is 0 Å². The van der Waals surface area contributed by atoms with Gasteiger partial charge in [-0.2, -0.15) is 0 Å². The molecule has 20 heavy (non-hydrogen) atoms. The van der Waals surface area contributed by atoms with E-state index in [4.69, 9.17) is 12.2 Å². The van der Waals surface area contributed by atoms with Crippen molar-refractivity contribution in [2.75, 3.05) is 13.1 Å². The van der Waals surface area contributed by atoms with E-state index in [0.717, 1.165) is 24.4 Å². The molecule has 0 amide bonds. The quantitative estimate of drug-likeness (QED) is 0.815. The van der Waals surface area contributed by atoms with E-state index in [1.54, 1.807) is 0 Å². The van der Waals surface area contributed by atoms with Crippen molar-refractivity contribution < 1.29 is 0 Å². The molecule has 1 unspecified atom stereocenters. The van der Waals surface area contributed by atoms with Crippen LogP contribution in [-0.4, -0.2) is 27.5 Å². The molecule has 1 aromatic carbocycles. The lowest BCUT2D eigenvalue weighted by Crippen LogP contribution is -2.31. The van der Waals surface area contributed by atoms with Crippen molar-refractivity contribution in [1.29, 1.82) is 0 Å². The third-order valence-corrected chi connectivity index (χ3v) is 4.21. The minimum atomic E-state index is 0.354. The smallest absolute Gasteiger partial charge is 0.177 e. The van der Waals surface area contributed by atoms with Crippen LogP contribution in [0.1, 0.15) is 31.1 Å². The van der Waals surface area contributed by atoms with Crippen molar-refractivity contribution in [3.63, 3.8) is 0 Å². The lowest BCUT2D eigenvalue weighted by Gasteiger charge is -2.30. The van der Waals surface area contributed by atoms with Crippen LogP contribution in [-0.2, 0) is 6.54 Å². The van der Waals surface area contributed by atoms with Crippen LogP contribution in [0.2, 0.25) is 0 Å². The molecule has 0 saturated carbocycles. The minimum Gasteiger partial charge on any atom is -0.337 e. The highest BCUT2D eigenvalue weighted by atomic mass is 32.1. The molecular weight excluding hydrogens is 266 g/mol. The Kier molecular flexibility index (Phi) is 5.15. The third-order valence-electron chi connectivity index (χ3n) is 3.87.